The van der Waals surface area contributed by atoms with Crippen LogP contribution in [0.25, 0.3) is 0 Å². The number of hydrogen-bond acceptors (Lipinski definition) is 3. The summed E-state index contributed by atoms with van der Waals surface area (Å²) in [5.74, 6) is -0.791. The molecule has 2 amide bonds. The first-order valence-electron chi connectivity index (χ1n) is 6.44. The molecule has 0 saturated carbocycles. The summed E-state index contributed by atoms with van der Waals surface area (Å²) in [7, 11) is 0. The molecular weight excluding hydrogens is 308 g/mol. The molecule has 0 radical (unpaired) electrons. The van der Waals surface area contributed by atoms with Crippen LogP contribution in [0.4, 0.5) is 0 Å². The van der Waals surface area contributed by atoms with Crippen molar-refractivity contribution in [3.05, 3.63) is 57.2 Å². The number of carbonyl (C=O) groups excluding carboxylic acids is 2. The number of benzene rings is 1. The number of halogens is 1. The smallest absolute Gasteiger partial charge is 0.244 e. The van der Waals surface area contributed by atoms with E-state index in [0.29, 0.717) is 16.3 Å². The molecule has 0 aliphatic heterocycles. The number of carbonyl (C=O) groups is 2. The quantitative estimate of drug-likeness (QED) is 0.858. The van der Waals surface area contributed by atoms with Crippen molar-refractivity contribution in [2.45, 2.75) is 18.9 Å². The van der Waals surface area contributed by atoms with Gasteiger partial charge >= 0.3 is 0 Å². The van der Waals surface area contributed by atoms with E-state index in [1.807, 2.05) is 12.1 Å². The molecule has 6 heteroatoms. The molecule has 1 aromatic carbocycles. The molecule has 0 unspecified atom stereocenters. The third-order valence-corrected chi connectivity index (χ3v) is 4.24. The van der Waals surface area contributed by atoms with Crippen molar-refractivity contribution in [1.82, 2.24) is 5.32 Å². The minimum absolute atomic E-state index is 0.216. The van der Waals surface area contributed by atoms with E-state index in [-0.39, 0.29) is 12.3 Å². The molecule has 2 aromatic rings. The summed E-state index contributed by atoms with van der Waals surface area (Å²) < 4.78 is 0.699. The molecule has 0 saturated heterocycles. The molecule has 0 aliphatic carbocycles. The number of nitrogens with one attached hydrogen (secondary N) is 1. The summed E-state index contributed by atoms with van der Waals surface area (Å²) in [5.41, 5.74) is 6.04. The Morgan fingerprint density at radius 1 is 1.19 bits per heavy atom. The lowest BCUT2D eigenvalue weighted by Crippen LogP contribution is -2.37. The fourth-order valence-corrected chi connectivity index (χ4v) is 3.01. The van der Waals surface area contributed by atoms with Crippen molar-refractivity contribution in [2.75, 3.05) is 0 Å². The first-order chi connectivity index (χ1) is 10.1. The van der Waals surface area contributed by atoms with Crippen LogP contribution in [0.2, 0.25) is 4.34 Å². The maximum absolute atomic E-state index is 12.0. The minimum atomic E-state index is -0.800. The highest BCUT2D eigenvalue weighted by Gasteiger charge is 2.19. The first-order valence-corrected chi connectivity index (χ1v) is 7.63. The van der Waals surface area contributed by atoms with Crippen LogP contribution in [0.5, 0.6) is 0 Å². The number of rotatable bonds is 6. The fraction of sp³-hybridized carbons (Fsp3) is 0.200. The lowest BCUT2D eigenvalue weighted by molar-refractivity contribution is -0.127. The molecule has 1 atom stereocenters. The Bertz CT molecular complexity index is 628. The summed E-state index contributed by atoms with van der Waals surface area (Å²) in [4.78, 5) is 24.5. The summed E-state index contributed by atoms with van der Waals surface area (Å²) in [5, 5.41) is 2.67. The van der Waals surface area contributed by atoms with Gasteiger partial charge in [-0.2, -0.15) is 0 Å². The number of nitrogens with two attached hydrogens (primary N) is 1. The second-order valence-corrected chi connectivity index (χ2v) is 6.32. The third kappa shape index (κ3) is 4.58. The zero-order valence-corrected chi connectivity index (χ0v) is 12.8. The number of amides is 2. The lowest BCUT2D eigenvalue weighted by Gasteiger charge is -2.15. The van der Waals surface area contributed by atoms with Crippen LogP contribution in [0.3, 0.4) is 0 Å². The molecular formula is C15H15ClN2O2S. The van der Waals surface area contributed by atoms with Crippen molar-refractivity contribution >= 4 is 34.8 Å². The van der Waals surface area contributed by atoms with E-state index in [1.165, 1.54) is 11.3 Å². The topological polar surface area (TPSA) is 72.2 Å². The van der Waals surface area contributed by atoms with E-state index in [2.05, 4.69) is 5.32 Å². The minimum Gasteiger partial charge on any atom is -0.368 e. The van der Waals surface area contributed by atoms with E-state index in [4.69, 9.17) is 17.3 Å². The molecule has 4 nitrogen and oxygen atoms in total. The van der Waals surface area contributed by atoms with Crippen LogP contribution in [0, 0.1) is 0 Å². The van der Waals surface area contributed by atoms with Gasteiger partial charge in [-0.25, -0.2) is 0 Å². The highest BCUT2D eigenvalue weighted by atomic mass is 35.5. The number of primary amides is 1. The number of aryl methyl sites for hydroxylation is 1. The largest absolute Gasteiger partial charge is 0.368 e. The highest BCUT2D eigenvalue weighted by Crippen LogP contribution is 2.22. The molecule has 1 heterocycles. The van der Waals surface area contributed by atoms with Crippen molar-refractivity contribution < 1.29 is 9.59 Å². The molecule has 2 rings (SSSR count). The summed E-state index contributed by atoms with van der Waals surface area (Å²) >= 11 is 7.28. The Labute approximate surface area is 131 Å². The molecule has 0 fully saturated rings. The zero-order valence-electron chi connectivity index (χ0n) is 11.2. The van der Waals surface area contributed by atoms with Gasteiger partial charge < -0.3 is 11.1 Å². The second kappa shape index (κ2) is 7.24. The lowest BCUT2D eigenvalue weighted by atomic mass is 10.1. The maximum Gasteiger partial charge on any atom is 0.244 e. The second-order valence-electron chi connectivity index (χ2n) is 4.52. The average molecular weight is 323 g/mol. The van der Waals surface area contributed by atoms with Crippen molar-refractivity contribution in [1.29, 1.82) is 0 Å². The average Bonchev–Trinajstić information content (AvgIpc) is 2.89. The molecule has 0 aliphatic rings. The van der Waals surface area contributed by atoms with Crippen LogP contribution in [-0.4, -0.2) is 11.8 Å². The van der Waals surface area contributed by atoms with Crippen LogP contribution in [0.15, 0.2) is 42.5 Å². The Morgan fingerprint density at radius 2 is 1.90 bits per heavy atom. The zero-order chi connectivity index (χ0) is 15.2. The first kappa shape index (κ1) is 15.5. The van der Waals surface area contributed by atoms with Gasteiger partial charge in [0.2, 0.25) is 11.8 Å². The molecule has 0 bridgehead atoms. The van der Waals surface area contributed by atoms with Crippen LogP contribution in [0.1, 0.15) is 22.9 Å². The van der Waals surface area contributed by atoms with Gasteiger partial charge in [-0.05, 0) is 24.1 Å². The summed E-state index contributed by atoms with van der Waals surface area (Å²) in [6, 6.07) is 11.8. The number of hydrogen-bond donors (Lipinski definition) is 2. The highest BCUT2D eigenvalue weighted by molar-refractivity contribution is 7.16. The Kier molecular flexibility index (Phi) is 5.36. The predicted octanol–water partition coefficient (Wildman–Crippen LogP) is 2.68. The Balaban J connectivity index is 1.94. The van der Waals surface area contributed by atoms with Crippen LogP contribution < -0.4 is 11.1 Å². The molecule has 21 heavy (non-hydrogen) atoms. The van der Waals surface area contributed by atoms with Gasteiger partial charge in [-0.15, -0.1) is 11.3 Å². The standard InChI is InChI=1S/C15H15ClN2O2S/c16-12-8-6-11(21-12)7-9-13(19)18-14(15(17)20)10-4-2-1-3-5-10/h1-6,8,14H,7,9H2,(H2,17,20)(H,18,19)/t14-/m0/s1. The van der Waals surface area contributed by atoms with Gasteiger partial charge in [0.15, 0.2) is 0 Å². The van der Waals surface area contributed by atoms with Gasteiger partial charge in [-0.1, -0.05) is 41.9 Å². The van der Waals surface area contributed by atoms with E-state index in [0.717, 1.165) is 4.88 Å². The summed E-state index contributed by atoms with van der Waals surface area (Å²) in [6.45, 7) is 0. The SMILES string of the molecule is NC(=O)[C@@H](NC(=O)CCc1ccc(Cl)s1)c1ccccc1. The molecule has 110 valence electrons. The summed E-state index contributed by atoms with van der Waals surface area (Å²) in [6.07, 6.45) is 0.872. The van der Waals surface area contributed by atoms with Crippen LogP contribution in [-0.2, 0) is 16.0 Å². The predicted molar refractivity (Wildman–Crippen MR) is 84.2 cm³/mol. The van der Waals surface area contributed by atoms with Gasteiger partial charge in [0.05, 0.1) is 4.34 Å². The van der Waals surface area contributed by atoms with E-state index >= 15 is 0 Å². The van der Waals surface area contributed by atoms with Crippen molar-refractivity contribution in [3.63, 3.8) is 0 Å². The normalized spacial score (nSPS) is 11.9. The number of thiophene rings is 1. The maximum atomic E-state index is 12.0. The van der Waals surface area contributed by atoms with Gasteiger partial charge in [0, 0.05) is 11.3 Å². The van der Waals surface area contributed by atoms with Crippen LogP contribution >= 0.6 is 22.9 Å². The van der Waals surface area contributed by atoms with E-state index in [9.17, 15) is 9.59 Å². The Morgan fingerprint density at radius 3 is 2.48 bits per heavy atom. The van der Waals surface area contributed by atoms with Crippen molar-refractivity contribution in [2.24, 2.45) is 5.73 Å². The van der Waals surface area contributed by atoms with E-state index in [1.54, 1.807) is 30.3 Å². The van der Waals surface area contributed by atoms with Gasteiger partial charge in [0.1, 0.15) is 6.04 Å². The van der Waals surface area contributed by atoms with Crippen molar-refractivity contribution in [3.8, 4) is 0 Å². The fourth-order valence-electron chi connectivity index (χ4n) is 1.92. The van der Waals surface area contributed by atoms with Gasteiger partial charge in [0.25, 0.3) is 0 Å². The van der Waals surface area contributed by atoms with E-state index < -0.39 is 11.9 Å². The monoisotopic (exact) mass is 322 g/mol. The van der Waals surface area contributed by atoms with Gasteiger partial charge in [-0.3, -0.25) is 9.59 Å². The molecule has 3 N–H and O–H groups in total. The molecule has 0 spiro atoms. The third-order valence-electron chi connectivity index (χ3n) is 2.95. The molecule has 1 aromatic heterocycles. The Hall–Kier alpha value is -1.85.